The monoisotopic (exact) mass is 378 g/mol. The molecule has 0 amide bonds. The minimum Gasteiger partial charge on any atom is -0.0561 e. The molecule has 2 rings (SSSR count). The van der Waals surface area contributed by atoms with Gasteiger partial charge in [-0.1, -0.05) is 41.5 Å². The molecule has 0 aliphatic heterocycles. The molecule has 0 unspecified atom stereocenters. The molecule has 0 aromatic heterocycles. The summed E-state index contributed by atoms with van der Waals surface area (Å²) in [6, 6.07) is 0. The van der Waals surface area contributed by atoms with Gasteiger partial charge in [0.05, 0.1) is 0 Å². The average molecular weight is 379 g/mol. The minimum atomic E-state index is 0.0994. The van der Waals surface area contributed by atoms with Gasteiger partial charge >= 0.3 is 0 Å². The summed E-state index contributed by atoms with van der Waals surface area (Å²) < 4.78 is 0. The van der Waals surface area contributed by atoms with Gasteiger partial charge in [0.2, 0.25) is 0 Å². The van der Waals surface area contributed by atoms with Crippen molar-refractivity contribution in [3.63, 3.8) is 0 Å². The predicted molar refractivity (Wildman–Crippen MR) is 127 cm³/mol. The van der Waals surface area contributed by atoms with Crippen LogP contribution in [0.2, 0.25) is 0 Å². The molecule has 0 atom stereocenters. The first-order valence-corrected chi connectivity index (χ1v) is 10.8. The quantitative estimate of drug-likeness (QED) is 0.467. The van der Waals surface area contributed by atoms with Gasteiger partial charge in [-0.2, -0.15) is 0 Å². The zero-order chi connectivity index (χ0) is 21.9. The van der Waals surface area contributed by atoms with E-state index in [1.54, 1.807) is 0 Å². The Bertz CT molecular complexity index is 938. The third-order valence-electron chi connectivity index (χ3n) is 7.06. The van der Waals surface area contributed by atoms with Crippen molar-refractivity contribution in [2.75, 3.05) is 0 Å². The molecule has 28 heavy (non-hydrogen) atoms. The van der Waals surface area contributed by atoms with Gasteiger partial charge in [-0.05, 0) is 133 Å². The standard InChI is InChI=1S/C28H42/c1-15-16(2)21(7)26(28(12,13)14)24(19(15)5)23-18(4)17(3)20(6)25(22(23)8)27(9,10)11/h1-14H3. The molecule has 0 N–H and O–H groups in total. The van der Waals surface area contributed by atoms with E-state index in [1.165, 1.54) is 66.8 Å². The lowest BCUT2D eigenvalue weighted by Crippen LogP contribution is -2.21. The van der Waals surface area contributed by atoms with Crippen LogP contribution < -0.4 is 0 Å². The van der Waals surface area contributed by atoms with E-state index in [0.717, 1.165) is 0 Å². The Morgan fingerprint density at radius 2 is 0.643 bits per heavy atom. The van der Waals surface area contributed by atoms with Crippen molar-refractivity contribution in [2.24, 2.45) is 0 Å². The molecule has 0 spiro atoms. The molecule has 0 heteroatoms. The molecular formula is C28H42. The van der Waals surface area contributed by atoms with Crippen LogP contribution in [0.1, 0.15) is 97.2 Å². The van der Waals surface area contributed by atoms with Crippen molar-refractivity contribution in [3.05, 3.63) is 55.6 Å². The third kappa shape index (κ3) is 3.44. The first-order chi connectivity index (χ1) is 12.5. The van der Waals surface area contributed by atoms with Gasteiger partial charge in [0.25, 0.3) is 0 Å². The van der Waals surface area contributed by atoms with E-state index in [1.807, 2.05) is 0 Å². The van der Waals surface area contributed by atoms with Gasteiger partial charge in [-0.15, -0.1) is 0 Å². The highest BCUT2D eigenvalue weighted by molar-refractivity contribution is 5.83. The van der Waals surface area contributed by atoms with E-state index in [4.69, 9.17) is 0 Å². The highest BCUT2D eigenvalue weighted by atomic mass is 14.3. The summed E-state index contributed by atoms with van der Waals surface area (Å²) >= 11 is 0. The van der Waals surface area contributed by atoms with Crippen LogP contribution in [0.15, 0.2) is 0 Å². The van der Waals surface area contributed by atoms with Crippen molar-refractivity contribution < 1.29 is 0 Å². The maximum Gasteiger partial charge on any atom is -0.0106 e. The van der Waals surface area contributed by atoms with Crippen LogP contribution in [0, 0.1) is 55.4 Å². The SMILES string of the molecule is Cc1c(C)c(C)c(C(C)(C)C)c(-c2c(C)c(C)c(C)c(C(C)(C)C)c2C)c1C. The van der Waals surface area contributed by atoms with Crippen LogP contribution in [-0.2, 0) is 10.8 Å². The van der Waals surface area contributed by atoms with Crippen molar-refractivity contribution in [2.45, 2.75) is 108 Å². The summed E-state index contributed by atoms with van der Waals surface area (Å²) in [6.45, 7) is 32.7. The first-order valence-electron chi connectivity index (χ1n) is 10.8. The lowest BCUT2D eigenvalue weighted by molar-refractivity contribution is 0.580. The Kier molecular flexibility index (Phi) is 5.72. The minimum absolute atomic E-state index is 0.0994. The fraction of sp³-hybridized carbons (Fsp3) is 0.571. The van der Waals surface area contributed by atoms with Crippen LogP contribution in [0.3, 0.4) is 0 Å². The maximum atomic E-state index is 2.36. The van der Waals surface area contributed by atoms with Crippen molar-refractivity contribution >= 4 is 0 Å². The van der Waals surface area contributed by atoms with Crippen molar-refractivity contribution in [1.29, 1.82) is 0 Å². The number of rotatable bonds is 1. The third-order valence-corrected chi connectivity index (χ3v) is 7.06. The van der Waals surface area contributed by atoms with E-state index in [2.05, 4.69) is 96.9 Å². The molecule has 0 saturated carbocycles. The fourth-order valence-electron chi connectivity index (χ4n) is 5.41. The number of hydrogen-bond acceptors (Lipinski definition) is 0. The molecular weight excluding hydrogens is 336 g/mol. The first kappa shape index (κ1) is 22.7. The summed E-state index contributed by atoms with van der Waals surface area (Å²) in [6.07, 6.45) is 0. The Balaban J connectivity index is 3.21. The molecule has 0 fully saturated rings. The second-order valence-electron chi connectivity index (χ2n) is 11.0. The van der Waals surface area contributed by atoms with Gasteiger partial charge in [0, 0.05) is 0 Å². The maximum absolute atomic E-state index is 2.36. The van der Waals surface area contributed by atoms with Gasteiger partial charge in [0.15, 0.2) is 0 Å². The van der Waals surface area contributed by atoms with Crippen LogP contribution in [-0.4, -0.2) is 0 Å². The predicted octanol–water partition coefficient (Wildman–Crippen LogP) is 8.42. The zero-order valence-electron chi connectivity index (χ0n) is 21.0. The van der Waals surface area contributed by atoms with Gasteiger partial charge < -0.3 is 0 Å². The molecule has 0 aliphatic rings. The molecule has 2 aromatic rings. The fourth-order valence-corrected chi connectivity index (χ4v) is 5.41. The van der Waals surface area contributed by atoms with Crippen LogP contribution in [0.5, 0.6) is 0 Å². The lowest BCUT2D eigenvalue weighted by atomic mass is 9.70. The number of benzene rings is 2. The van der Waals surface area contributed by atoms with Crippen LogP contribution >= 0.6 is 0 Å². The second kappa shape index (κ2) is 7.05. The van der Waals surface area contributed by atoms with E-state index < -0.39 is 0 Å². The normalized spacial score (nSPS) is 12.6. The van der Waals surface area contributed by atoms with E-state index >= 15 is 0 Å². The Labute approximate surface area is 174 Å². The van der Waals surface area contributed by atoms with Crippen molar-refractivity contribution in [3.8, 4) is 11.1 Å². The molecule has 0 nitrogen and oxygen atoms in total. The van der Waals surface area contributed by atoms with E-state index in [0.29, 0.717) is 0 Å². The largest absolute Gasteiger partial charge is 0.0561 e. The molecule has 0 bridgehead atoms. The summed E-state index contributed by atoms with van der Waals surface area (Å²) in [5, 5.41) is 0. The van der Waals surface area contributed by atoms with Crippen molar-refractivity contribution in [1.82, 2.24) is 0 Å². The summed E-state index contributed by atoms with van der Waals surface area (Å²) in [5.74, 6) is 0. The Morgan fingerprint density at radius 1 is 0.321 bits per heavy atom. The lowest BCUT2D eigenvalue weighted by Gasteiger charge is -2.34. The highest BCUT2D eigenvalue weighted by Gasteiger charge is 2.30. The topological polar surface area (TPSA) is 0 Å². The number of hydrogen-bond donors (Lipinski definition) is 0. The molecule has 2 aromatic carbocycles. The zero-order valence-corrected chi connectivity index (χ0v) is 21.0. The molecule has 0 heterocycles. The van der Waals surface area contributed by atoms with Crippen LogP contribution in [0.4, 0.5) is 0 Å². The molecule has 0 aliphatic carbocycles. The Hall–Kier alpha value is -1.56. The summed E-state index contributed by atoms with van der Waals surface area (Å²) in [5.41, 5.74) is 17.8. The highest BCUT2D eigenvalue weighted by Crippen LogP contribution is 2.46. The average Bonchev–Trinajstić information content (AvgIpc) is 2.53. The van der Waals surface area contributed by atoms with E-state index in [-0.39, 0.29) is 10.8 Å². The van der Waals surface area contributed by atoms with Crippen LogP contribution in [0.25, 0.3) is 11.1 Å². The van der Waals surface area contributed by atoms with E-state index in [9.17, 15) is 0 Å². The van der Waals surface area contributed by atoms with Gasteiger partial charge in [-0.25, -0.2) is 0 Å². The van der Waals surface area contributed by atoms with Gasteiger partial charge in [0.1, 0.15) is 0 Å². The summed E-state index contributed by atoms with van der Waals surface area (Å²) in [4.78, 5) is 0. The van der Waals surface area contributed by atoms with Gasteiger partial charge in [-0.3, -0.25) is 0 Å². The second-order valence-corrected chi connectivity index (χ2v) is 11.0. The molecule has 154 valence electrons. The Morgan fingerprint density at radius 3 is 1.07 bits per heavy atom. The summed E-state index contributed by atoms with van der Waals surface area (Å²) in [7, 11) is 0. The smallest absolute Gasteiger partial charge is 0.0106 e. The molecule has 0 saturated heterocycles. The molecule has 0 radical (unpaired) electrons.